The van der Waals surface area contributed by atoms with Crippen molar-refractivity contribution < 1.29 is 0 Å². The minimum absolute atomic E-state index is 0.457. The molecule has 1 aliphatic rings. The first kappa shape index (κ1) is 16.9. The van der Waals surface area contributed by atoms with Crippen molar-refractivity contribution in [2.24, 2.45) is 11.3 Å². The van der Waals surface area contributed by atoms with Crippen molar-refractivity contribution in [3.63, 3.8) is 0 Å². The molecule has 1 N–H and O–H groups in total. The van der Waals surface area contributed by atoms with Gasteiger partial charge in [-0.1, -0.05) is 20.8 Å². The first-order chi connectivity index (χ1) is 8.90. The van der Waals surface area contributed by atoms with Crippen LogP contribution >= 0.6 is 0 Å². The zero-order chi connectivity index (χ0) is 14.5. The van der Waals surface area contributed by atoms with Gasteiger partial charge in [0.15, 0.2) is 0 Å². The molecule has 0 heterocycles. The summed E-state index contributed by atoms with van der Waals surface area (Å²) in [6.45, 7) is 12.0. The smallest absolute Gasteiger partial charge is 0.0156 e. The van der Waals surface area contributed by atoms with E-state index < -0.39 is 0 Å². The monoisotopic (exact) mass is 269 g/mol. The SMILES string of the molecule is CCCN(CCN(C)C)CC1CCC(C)(C)C1NC. The van der Waals surface area contributed by atoms with Gasteiger partial charge in [0, 0.05) is 25.7 Å². The Hall–Kier alpha value is -0.120. The van der Waals surface area contributed by atoms with Crippen molar-refractivity contribution in [1.82, 2.24) is 15.1 Å². The zero-order valence-electron chi connectivity index (χ0n) is 14.0. The standard InChI is InChI=1S/C16H35N3/c1-7-10-19(12-11-18(5)6)13-14-8-9-16(2,3)15(14)17-4/h14-15,17H,7-13H2,1-6H3. The summed E-state index contributed by atoms with van der Waals surface area (Å²) in [5.74, 6) is 0.814. The normalized spacial score (nSPS) is 26.5. The average Bonchev–Trinajstić information content (AvgIpc) is 2.61. The van der Waals surface area contributed by atoms with Gasteiger partial charge in [0.2, 0.25) is 0 Å². The van der Waals surface area contributed by atoms with E-state index in [-0.39, 0.29) is 0 Å². The predicted molar refractivity (Wildman–Crippen MR) is 84.6 cm³/mol. The molecule has 114 valence electrons. The van der Waals surface area contributed by atoms with E-state index in [1.54, 1.807) is 0 Å². The van der Waals surface area contributed by atoms with Crippen LogP contribution in [0.5, 0.6) is 0 Å². The van der Waals surface area contributed by atoms with Crippen LogP contribution in [-0.2, 0) is 0 Å². The maximum Gasteiger partial charge on any atom is 0.0156 e. The Morgan fingerprint density at radius 2 is 1.84 bits per heavy atom. The second-order valence-corrected chi connectivity index (χ2v) is 7.16. The number of nitrogens with zero attached hydrogens (tertiary/aromatic N) is 2. The Morgan fingerprint density at radius 1 is 1.16 bits per heavy atom. The molecule has 0 aliphatic heterocycles. The van der Waals surface area contributed by atoms with Crippen LogP contribution in [0.2, 0.25) is 0 Å². The van der Waals surface area contributed by atoms with Crippen molar-refractivity contribution in [3.8, 4) is 0 Å². The van der Waals surface area contributed by atoms with Crippen molar-refractivity contribution in [3.05, 3.63) is 0 Å². The molecule has 0 spiro atoms. The molecule has 0 aromatic rings. The first-order valence-electron chi connectivity index (χ1n) is 7.95. The van der Waals surface area contributed by atoms with E-state index in [4.69, 9.17) is 0 Å². The van der Waals surface area contributed by atoms with Gasteiger partial charge in [-0.3, -0.25) is 0 Å². The van der Waals surface area contributed by atoms with Gasteiger partial charge in [-0.05, 0) is 58.3 Å². The predicted octanol–water partition coefficient (Wildman–Crippen LogP) is 2.28. The van der Waals surface area contributed by atoms with Gasteiger partial charge in [0.1, 0.15) is 0 Å². The minimum atomic E-state index is 0.457. The van der Waals surface area contributed by atoms with Gasteiger partial charge < -0.3 is 15.1 Å². The number of hydrogen-bond donors (Lipinski definition) is 1. The molecule has 1 aliphatic carbocycles. The van der Waals surface area contributed by atoms with Gasteiger partial charge in [0.25, 0.3) is 0 Å². The number of likely N-dealkylation sites (N-methyl/N-ethyl adjacent to an activating group) is 1. The molecule has 19 heavy (non-hydrogen) atoms. The summed E-state index contributed by atoms with van der Waals surface area (Å²) in [6, 6.07) is 0.672. The van der Waals surface area contributed by atoms with E-state index in [9.17, 15) is 0 Å². The van der Waals surface area contributed by atoms with E-state index in [1.807, 2.05) is 0 Å². The Morgan fingerprint density at radius 3 is 2.37 bits per heavy atom. The second-order valence-electron chi connectivity index (χ2n) is 7.16. The summed E-state index contributed by atoms with van der Waals surface area (Å²) in [6.07, 6.45) is 3.99. The van der Waals surface area contributed by atoms with Crippen LogP contribution in [-0.4, -0.2) is 63.2 Å². The van der Waals surface area contributed by atoms with Gasteiger partial charge >= 0.3 is 0 Å². The molecular formula is C16H35N3. The average molecular weight is 269 g/mol. The van der Waals surface area contributed by atoms with E-state index in [2.05, 4.69) is 57.0 Å². The van der Waals surface area contributed by atoms with Gasteiger partial charge in [-0.25, -0.2) is 0 Å². The van der Waals surface area contributed by atoms with E-state index in [1.165, 1.54) is 45.4 Å². The highest BCUT2D eigenvalue weighted by molar-refractivity contribution is 4.96. The molecule has 1 fully saturated rings. The molecule has 0 saturated heterocycles. The fraction of sp³-hybridized carbons (Fsp3) is 1.00. The Bertz CT molecular complexity index is 250. The topological polar surface area (TPSA) is 18.5 Å². The summed E-state index contributed by atoms with van der Waals surface area (Å²) in [5, 5.41) is 3.58. The summed E-state index contributed by atoms with van der Waals surface area (Å²) in [5.41, 5.74) is 0.457. The molecule has 0 radical (unpaired) electrons. The molecule has 0 amide bonds. The third kappa shape index (κ3) is 5.05. The van der Waals surface area contributed by atoms with Crippen molar-refractivity contribution in [2.75, 3.05) is 47.3 Å². The lowest BCUT2D eigenvalue weighted by atomic mass is 9.85. The lowest BCUT2D eigenvalue weighted by molar-refractivity contribution is 0.177. The maximum absolute atomic E-state index is 3.58. The summed E-state index contributed by atoms with van der Waals surface area (Å²) >= 11 is 0. The third-order valence-corrected chi connectivity index (χ3v) is 4.68. The molecule has 1 rings (SSSR count). The lowest BCUT2D eigenvalue weighted by Crippen LogP contribution is -2.45. The van der Waals surface area contributed by atoms with Crippen LogP contribution in [0.1, 0.15) is 40.0 Å². The molecule has 3 nitrogen and oxygen atoms in total. The fourth-order valence-electron chi connectivity index (χ4n) is 3.62. The first-order valence-corrected chi connectivity index (χ1v) is 7.95. The van der Waals surface area contributed by atoms with E-state index in [0.29, 0.717) is 11.5 Å². The molecule has 2 atom stereocenters. The van der Waals surface area contributed by atoms with E-state index >= 15 is 0 Å². The molecule has 0 bridgehead atoms. The molecule has 0 aromatic heterocycles. The minimum Gasteiger partial charge on any atom is -0.316 e. The van der Waals surface area contributed by atoms with Crippen LogP contribution in [0.15, 0.2) is 0 Å². The van der Waals surface area contributed by atoms with Crippen molar-refractivity contribution >= 4 is 0 Å². The largest absolute Gasteiger partial charge is 0.316 e. The van der Waals surface area contributed by atoms with Crippen molar-refractivity contribution in [1.29, 1.82) is 0 Å². The van der Waals surface area contributed by atoms with Crippen molar-refractivity contribution in [2.45, 2.75) is 46.1 Å². The van der Waals surface area contributed by atoms with E-state index in [0.717, 1.165) is 5.92 Å². The van der Waals surface area contributed by atoms with Crippen LogP contribution in [0, 0.1) is 11.3 Å². The van der Waals surface area contributed by atoms with Gasteiger partial charge in [-0.15, -0.1) is 0 Å². The molecule has 2 unspecified atom stereocenters. The Kier molecular flexibility index (Phi) is 6.78. The quantitative estimate of drug-likeness (QED) is 0.729. The highest BCUT2D eigenvalue weighted by Crippen LogP contribution is 2.41. The summed E-state index contributed by atoms with van der Waals surface area (Å²) in [4.78, 5) is 4.95. The zero-order valence-corrected chi connectivity index (χ0v) is 14.0. The lowest BCUT2D eigenvalue weighted by Gasteiger charge is -2.34. The third-order valence-electron chi connectivity index (χ3n) is 4.68. The van der Waals surface area contributed by atoms with Crippen LogP contribution in [0.25, 0.3) is 0 Å². The molecule has 3 heteroatoms. The molecule has 0 aromatic carbocycles. The second kappa shape index (κ2) is 7.61. The number of nitrogens with one attached hydrogen (secondary N) is 1. The highest BCUT2D eigenvalue weighted by atomic mass is 15.2. The van der Waals surface area contributed by atoms with Gasteiger partial charge in [0.05, 0.1) is 0 Å². The summed E-state index contributed by atoms with van der Waals surface area (Å²) in [7, 11) is 6.47. The number of hydrogen-bond acceptors (Lipinski definition) is 3. The van der Waals surface area contributed by atoms with Crippen LogP contribution in [0.3, 0.4) is 0 Å². The maximum atomic E-state index is 3.58. The summed E-state index contributed by atoms with van der Waals surface area (Å²) < 4.78 is 0. The molecular weight excluding hydrogens is 234 g/mol. The fourth-order valence-corrected chi connectivity index (χ4v) is 3.62. The Balaban J connectivity index is 2.53. The number of rotatable bonds is 8. The Labute approximate surface area is 120 Å². The van der Waals surface area contributed by atoms with Gasteiger partial charge in [-0.2, -0.15) is 0 Å². The highest BCUT2D eigenvalue weighted by Gasteiger charge is 2.41. The van der Waals surface area contributed by atoms with Crippen LogP contribution in [0.4, 0.5) is 0 Å². The van der Waals surface area contributed by atoms with Crippen LogP contribution < -0.4 is 5.32 Å². The molecule has 1 saturated carbocycles.